The lowest BCUT2D eigenvalue weighted by atomic mass is 10.1. The number of hydrogen-bond donors (Lipinski definition) is 0. The van der Waals surface area contributed by atoms with Gasteiger partial charge in [0, 0.05) is 19.7 Å². The number of methoxy groups -OCH3 is 1. The van der Waals surface area contributed by atoms with Crippen molar-refractivity contribution in [3.8, 4) is 0 Å². The van der Waals surface area contributed by atoms with Gasteiger partial charge in [-0.15, -0.1) is 0 Å². The molecule has 1 saturated carbocycles. The first-order valence-corrected chi connectivity index (χ1v) is 6.93. The van der Waals surface area contributed by atoms with E-state index in [-0.39, 0.29) is 11.9 Å². The molecular formula is C14H19ClN2O2. The maximum absolute atomic E-state index is 12.5. The molecule has 0 spiro atoms. The molecule has 0 saturated heterocycles. The van der Waals surface area contributed by atoms with Crippen molar-refractivity contribution in [2.24, 2.45) is 5.92 Å². The normalized spacial score (nSPS) is 16.2. The maximum Gasteiger partial charge on any atom is 0.272 e. The van der Waals surface area contributed by atoms with Crippen molar-refractivity contribution in [2.45, 2.75) is 25.8 Å². The van der Waals surface area contributed by atoms with E-state index >= 15 is 0 Å². The summed E-state index contributed by atoms with van der Waals surface area (Å²) in [5, 5.41) is 0.344. The molecular weight excluding hydrogens is 264 g/mol. The second kappa shape index (κ2) is 6.35. The number of pyridine rings is 1. The summed E-state index contributed by atoms with van der Waals surface area (Å²) >= 11 is 5.85. The highest BCUT2D eigenvalue weighted by atomic mass is 35.5. The van der Waals surface area contributed by atoms with E-state index in [0.717, 1.165) is 0 Å². The highest BCUT2D eigenvalue weighted by Gasteiger charge is 2.34. The van der Waals surface area contributed by atoms with Gasteiger partial charge in [-0.3, -0.25) is 4.79 Å². The van der Waals surface area contributed by atoms with E-state index in [0.29, 0.717) is 29.9 Å². The van der Waals surface area contributed by atoms with Crippen LogP contribution in [0, 0.1) is 5.92 Å². The van der Waals surface area contributed by atoms with Crippen molar-refractivity contribution in [3.63, 3.8) is 0 Å². The minimum absolute atomic E-state index is 0.0704. The van der Waals surface area contributed by atoms with Gasteiger partial charge in [0.15, 0.2) is 0 Å². The summed E-state index contributed by atoms with van der Waals surface area (Å²) in [5.74, 6) is 0.541. The van der Waals surface area contributed by atoms with Crippen LogP contribution in [0.2, 0.25) is 5.15 Å². The molecule has 1 atom stereocenters. The minimum atomic E-state index is -0.0704. The molecule has 5 heteroatoms. The highest BCUT2D eigenvalue weighted by molar-refractivity contribution is 6.29. The maximum atomic E-state index is 12.5. The van der Waals surface area contributed by atoms with E-state index in [1.54, 1.807) is 25.3 Å². The number of rotatable bonds is 6. The lowest BCUT2D eigenvalue weighted by Crippen LogP contribution is -2.42. The Hall–Kier alpha value is -1.13. The molecule has 1 amide bonds. The predicted molar refractivity (Wildman–Crippen MR) is 74.3 cm³/mol. The molecule has 2 rings (SSSR count). The van der Waals surface area contributed by atoms with Crippen LogP contribution in [0.15, 0.2) is 18.2 Å². The Balaban J connectivity index is 2.14. The Morgan fingerprint density at radius 1 is 1.58 bits per heavy atom. The van der Waals surface area contributed by atoms with E-state index < -0.39 is 0 Å². The summed E-state index contributed by atoms with van der Waals surface area (Å²) in [6, 6.07) is 5.35. The van der Waals surface area contributed by atoms with E-state index in [9.17, 15) is 4.79 Å². The van der Waals surface area contributed by atoms with Crippen LogP contribution < -0.4 is 0 Å². The Morgan fingerprint density at radius 2 is 2.32 bits per heavy atom. The molecule has 1 aliphatic rings. The third-order valence-electron chi connectivity index (χ3n) is 3.53. The SMILES string of the molecule is COCCN(C(=O)c1cccc(Cl)n1)C(C)C1CC1. The van der Waals surface area contributed by atoms with Crippen LogP contribution >= 0.6 is 11.6 Å². The summed E-state index contributed by atoms with van der Waals surface area (Å²) in [5.41, 5.74) is 0.399. The number of halogens is 1. The summed E-state index contributed by atoms with van der Waals surface area (Å²) < 4.78 is 5.09. The number of hydrogen-bond acceptors (Lipinski definition) is 3. The van der Waals surface area contributed by atoms with Crippen molar-refractivity contribution in [1.29, 1.82) is 0 Å². The smallest absolute Gasteiger partial charge is 0.272 e. The van der Waals surface area contributed by atoms with E-state index in [1.165, 1.54) is 12.8 Å². The van der Waals surface area contributed by atoms with Crippen LogP contribution in [0.4, 0.5) is 0 Å². The van der Waals surface area contributed by atoms with Gasteiger partial charge in [0.25, 0.3) is 5.91 Å². The average molecular weight is 283 g/mol. The molecule has 104 valence electrons. The quantitative estimate of drug-likeness (QED) is 0.753. The van der Waals surface area contributed by atoms with E-state index in [4.69, 9.17) is 16.3 Å². The fourth-order valence-electron chi connectivity index (χ4n) is 2.19. The van der Waals surface area contributed by atoms with Gasteiger partial charge in [0.05, 0.1) is 6.61 Å². The summed E-state index contributed by atoms with van der Waals surface area (Å²) in [4.78, 5) is 18.5. The monoisotopic (exact) mass is 282 g/mol. The zero-order valence-electron chi connectivity index (χ0n) is 11.3. The Morgan fingerprint density at radius 3 is 2.89 bits per heavy atom. The predicted octanol–water partition coefficient (Wildman–Crippen LogP) is 2.62. The van der Waals surface area contributed by atoms with Crippen LogP contribution in [0.3, 0.4) is 0 Å². The summed E-state index contributed by atoms with van der Waals surface area (Å²) in [6.07, 6.45) is 2.39. The lowest BCUT2D eigenvalue weighted by Gasteiger charge is -2.29. The largest absolute Gasteiger partial charge is 0.383 e. The van der Waals surface area contributed by atoms with Gasteiger partial charge in [-0.1, -0.05) is 17.7 Å². The number of nitrogens with zero attached hydrogens (tertiary/aromatic N) is 2. The fourth-order valence-corrected chi connectivity index (χ4v) is 2.35. The zero-order chi connectivity index (χ0) is 13.8. The highest BCUT2D eigenvalue weighted by Crippen LogP contribution is 2.35. The molecule has 0 N–H and O–H groups in total. The summed E-state index contributed by atoms with van der Waals surface area (Å²) in [6.45, 7) is 3.21. The standard InChI is InChI=1S/C14H19ClN2O2/c1-10(11-6-7-11)17(8-9-19-2)14(18)12-4-3-5-13(15)16-12/h3-5,10-11H,6-9H2,1-2H3. The van der Waals surface area contributed by atoms with Gasteiger partial charge in [0.1, 0.15) is 10.8 Å². The number of ether oxygens (including phenoxy) is 1. The summed E-state index contributed by atoms with van der Waals surface area (Å²) in [7, 11) is 1.64. The molecule has 1 aromatic heterocycles. The molecule has 19 heavy (non-hydrogen) atoms. The first-order chi connectivity index (χ1) is 9.13. The molecule has 0 aromatic carbocycles. The number of aromatic nitrogens is 1. The van der Waals surface area contributed by atoms with Gasteiger partial charge in [-0.05, 0) is 37.8 Å². The molecule has 0 bridgehead atoms. The molecule has 1 heterocycles. The average Bonchev–Trinajstić information content (AvgIpc) is 3.23. The first kappa shape index (κ1) is 14.3. The van der Waals surface area contributed by atoms with Crippen molar-refractivity contribution < 1.29 is 9.53 Å². The molecule has 0 radical (unpaired) electrons. The second-order valence-corrected chi connectivity index (χ2v) is 5.30. The number of carbonyl (C=O) groups excluding carboxylic acids is 1. The van der Waals surface area contributed by atoms with Gasteiger partial charge in [-0.25, -0.2) is 4.98 Å². The van der Waals surface area contributed by atoms with Gasteiger partial charge in [0.2, 0.25) is 0 Å². The lowest BCUT2D eigenvalue weighted by molar-refractivity contribution is 0.0589. The third kappa shape index (κ3) is 3.67. The minimum Gasteiger partial charge on any atom is -0.383 e. The van der Waals surface area contributed by atoms with Crippen LogP contribution in [-0.4, -0.2) is 42.1 Å². The van der Waals surface area contributed by atoms with Crippen LogP contribution in [-0.2, 0) is 4.74 Å². The Bertz CT molecular complexity index is 449. The molecule has 1 fully saturated rings. The van der Waals surface area contributed by atoms with Crippen molar-refractivity contribution >= 4 is 17.5 Å². The van der Waals surface area contributed by atoms with E-state index in [1.807, 2.05) is 4.90 Å². The van der Waals surface area contributed by atoms with Crippen molar-refractivity contribution in [3.05, 3.63) is 29.0 Å². The van der Waals surface area contributed by atoms with Crippen LogP contribution in [0.5, 0.6) is 0 Å². The molecule has 0 aliphatic heterocycles. The third-order valence-corrected chi connectivity index (χ3v) is 3.74. The van der Waals surface area contributed by atoms with E-state index in [2.05, 4.69) is 11.9 Å². The molecule has 1 aliphatic carbocycles. The van der Waals surface area contributed by atoms with Crippen molar-refractivity contribution in [1.82, 2.24) is 9.88 Å². The Kier molecular flexibility index (Phi) is 4.77. The second-order valence-electron chi connectivity index (χ2n) is 4.91. The van der Waals surface area contributed by atoms with Gasteiger partial charge in [-0.2, -0.15) is 0 Å². The topological polar surface area (TPSA) is 42.4 Å². The number of amides is 1. The molecule has 1 aromatic rings. The first-order valence-electron chi connectivity index (χ1n) is 6.56. The zero-order valence-corrected chi connectivity index (χ0v) is 12.1. The Labute approximate surface area is 118 Å². The van der Waals surface area contributed by atoms with Gasteiger partial charge >= 0.3 is 0 Å². The molecule has 1 unspecified atom stereocenters. The number of carbonyl (C=O) groups is 1. The van der Waals surface area contributed by atoms with Crippen molar-refractivity contribution in [2.75, 3.05) is 20.3 Å². The van der Waals surface area contributed by atoms with Crippen LogP contribution in [0.25, 0.3) is 0 Å². The van der Waals surface area contributed by atoms with Gasteiger partial charge < -0.3 is 9.64 Å². The van der Waals surface area contributed by atoms with Crippen LogP contribution in [0.1, 0.15) is 30.3 Å². The fraction of sp³-hybridized carbons (Fsp3) is 0.571. The molecule has 4 nitrogen and oxygen atoms in total.